The molecule has 1 saturated carbocycles. The minimum Gasteiger partial charge on any atom is -0.369 e. The fraction of sp³-hybridized carbons (Fsp3) is 0.636. The van der Waals surface area contributed by atoms with Crippen LogP contribution in [0.4, 0.5) is 10.1 Å². The molecule has 152 valence electrons. The molecule has 5 nitrogen and oxygen atoms in total. The lowest BCUT2D eigenvalue weighted by Gasteiger charge is -2.37. The molecular weight excluding hydrogens is 355 g/mol. The van der Waals surface area contributed by atoms with Gasteiger partial charge in [-0.15, -0.1) is 0 Å². The van der Waals surface area contributed by atoms with Gasteiger partial charge in [-0.3, -0.25) is 9.69 Å². The van der Waals surface area contributed by atoms with Gasteiger partial charge in [-0.25, -0.2) is 4.39 Å². The molecule has 1 amide bonds. The predicted octanol–water partition coefficient (Wildman–Crippen LogP) is 3.32. The zero-order chi connectivity index (χ0) is 19.8. The molecule has 28 heavy (non-hydrogen) atoms. The van der Waals surface area contributed by atoms with Crippen molar-refractivity contribution in [2.75, 3.05) is 37.6 Å². The lowest BCUT2D eigenvalue weighted by atomic mass is 9.84. The average Bonchev–Trinajstić information content (AvgIpc) is 2.72. The smallest absolute Gasteiger partial charge is 0.221 e. The van der Waals surface area contributed by atoms with E-state index in [9.17, 15) is 9.18 Å². The molecular formula is C22H31FN4O. The third-order valence-corrected chi connectivity index (χ3v) is 6.07. The van der Waals surface area contributed by atoms with Gasteiger partial charge in [0.2, 0.25) is 5.91 Å². The molecule has 1 aliphatic carbocycles. The molecule has 1 aromatic carbocycles. The molecule has 1 saturated heterocycles. The molecule has 0 aromatic heterocycles. The number of benzene rings is 1. The summed E-state index contributed by atoms with van der Waals surface area (Å²) in [5.74, 6) is 0.589. The van der Waals surface area contributed by atoms with Crippen molar-refractivity contribution in [3.8, 4) is 6.07 Å². The van der Waals surface area contributed by atoms with E-state index in [4.69, 9.17) is 5.26 Å². The quantitative estimate of drug-likeness (QED) is 0.781. The van der Waals surface area contributed by atoms with E-state index in [0.717, 1.165) is 57.2 Å². The predicted molar refractivity (Wildman–Crippen MR) is 108 cm³/mol. The van der Waals surface area contributed by atoms with Crippen LogP contribution in [0, 0.1) is 23.1 Å². The maximum absolute atomic E-state index is 13.4. The van der Waals surface area contributed by atoms with Gasteiger partial charge in [0.1, 0.15) is 5.82 Å². The lowest BCUT2D eigenvalue weighted by Crippen LogP contribution is -2.47. The molecule has 0 radical (unpaired) electrons. The Hall–Kier alpha value is -2.13. The fourth-order valence-corrected chi connectivity index (χ4v) is 4.33. The van der Waals surface area contributed by atoms with Crippen LogP contribution < -0.4 is 10.2 Å². The van der Waals surface area contributed by atoms with Crippen molar-refractivity contribution in [2.24, 2.45) is 5.92 Å². The molecule has 3 rings (SSSR count). The molecule has 0 spiro atoms. The zero-order valence-electron chi connectivity index (χ0n) is 16.6. The third-order valence-electron chi connectivity index (χ3n) is 6.07. The molecule has 0 unspecified atom stereocenters. The van der Waals surface area contributed by atoms with Crippen molar-refractivity contribution in [2.45, 2.75) is 51.0 Å². The van der Waals surface area contributed by atoms with Gasteiger partial charge in [0.15, 0.2) is 0 Å². The molecule has 1 aliphatic heterocycles. The van der Waals surface area contributed by atoms with E-state index in [1.807, 2.05) is 12.1 Å². The molecule has 2 fully saturated rings. The second kappa shape index (κ2) is 10.4. The SMILES string of the molecule is N#CCCC(=O)N[C@H]1CC[C@H](CCN2CCN(c3cccc(F)c3)CC2)CC1. The van der Waals surface area contributed by atoms with Gasteiger partial charge >= 0.3 is 0 Å². The summed E-state index contributed by atoms with van der Waals surface area (Å²) in [6, 6.07) is 9.18. The number of carbonyl (C=O) groups excluding carboxylic acids is 1. The standard InChI is InChI=1S/C22H31FN4O/c23-19-3-1-4-21(17-19)27-15-13-26(14-16-27)12-10-18-6-8-20(9-7-18)25-22(28)5-2-11-24/h1,3-4,17-18,20H,2,5-10,12-16H2,(H,25,28)/t18-,20-. The van der Waals surface area contributed by atoms with Gasteiger partial charge in [-0.05, 0) is 62.8 Å². The maximum Gasteiger partial charge on any atom is 0.221 e. The van der Waals surface area contributed by atoms with Crippen molar-refractivity contribution in [3.05, 3.63) is 30.1 Å². The first-order chi connectivity index (χ1) is 13.6. The van der Waals surface area contributed by atoms with Crippen LogP contribution >= 0.6 is 0 Å². The highest BCUT2D eigenvalue weighted by Gasteiger charge is 2.24. The average molecular weight is 387 g/mol. The van der Waals surface area contributed by atoms with Crippen LogP contribution in [0.2, 0.25) is 0 Å². The minimum absolute atomic E-state index is 0.0150. The summed E-state index contributed by atoms with van der Waals surface area (Å²) < 4.78 is 13.4. The maximum atomic E-state index is 13.4. The molecule has 1 N–H and O–H groups in total. The Kier molecular flexibility index (Phi) is 7.67. The molecule has 6 heteroatoms. The number of piperazine rings is 1. The number of halogens is 1. The number of nitrogens with zero attached hydrogens (tertiary/aromatic N) is 3. The van der Waals surface area contributed by atoms with E-state index >= 15 is 0 Å². The van der Waals surface area contributed by atoms with E-state index in [-0.39, 0.29) is 17.8 Å². The minimum atomic E-state index is -0.170. The molecule has 1 aromatic rings. The molecule has 0 atom stereocenters. The first kappa shape index (κ1) is 20.6. The molecule has 2 aliphatic rings. The Balaban J connectivity index is 1.31. The monoisotopic (exact) mass is 386 g/mol. The van der Waals surface area contributed by atoms with Gasteiger partial charge < -0.3 is 10.2 Å². The van der Waals surface area contributed by atoms with Gasteiger partial charge in [0.25, 0.3) is 0 Å². The number of anilines is 1. The Labute approximate surface area is 167 Å². The summed E-state index contributed by atoms with van der Waals surface area (Å²) in [6.07, 6.45) is 6.28. The first-order valence-corrected chi connectivity index (χ1v) is 10.5. The lowest BCUT2D eigenvalue weighted by molar-refractivity contribution is -0.122. The van der Waals surface area contributed by atoms with Crippen LogP contribution in [-0.2, 0) is 4.79 Å². The highest BCUT2D eigenvalue weighted by molar-refractivity contribution is 5.76. The Morgan fingerprint density at radius 1 is 1.18 bits per heavy atom. The van der Waals surface area contributed by atoms with E-state index in [0.29, 0.717) is 12.8 Å². The molecule has 0 bridgehead atoms. The van der Waals surface area contributed by atoms with E-state index in [1.165, 1.54) is 25.3 Å². The van der Waals surface area contributed by atoms with Gasteiger partial charge in [0, 0.05) is 50.7 Å². The Morgan fingerprint density at radius 2 is 1.93 bits per heavy atom. The van der Waals surface area contributed by atoms with E-state index < -0.39 is 0 Å². The van der Waals surface area contributed by atoms with E-state index in [1.54, 1.807) is 12.1 Å². The second-order valence-corrected chi connectivity index (χ2v) is 8.04. The summed E-state index contributed by atoms with van der Waals surface area (Å²) in [5.41, 5.74) is 0.981. The summed E-state index contributed by atoms with van der Waals surface area (Å²) in [6.45, 7) is 5.08. The topological polar surface area (TPSA) is 59.4 Å². The van der Waals surface area contributed by atoms with Gasteiger partial charge in [0.05, 0.1) is 6.07 Å². The van der Waals surface area contributed by atoms with Crippen molar-refractivity contribution in [1.82, 2.24) is 10.2 Å². The third kappa shape index (κ3) is 6.20. The number of nitrogens with one attached hydrogen (secondary N) is 1. The highest BCUT2D eigenvalue weighted by atomic mass is 19.1. The van der Waals surface area contributed by atoms with Crippen LogP contribution in [0.25, 0.3) is 0 Å². The van der Waals surface area contributed by atoms with Crippen molar-refractivity contribution in [3.63, 3.8) is 0 Å². The summed E-state index contributed by atoms with van der Waals surface area (Å²) in [5, 5.41) is 11.6. The van der Waals surface area contributed by atoms with Crippen molar-refractivity contribution in [1.29, 1.82) is 5.26 Å². The number of nitriles is 1. The number of hydrogen-bond acceptors (Lipinski definition) is 4. The van der Waals surface area contributed by atoms with Crippen LogP contribution in [0.15, 0.2) is 24.3 Å². The Morgan fingerprint density at radius 3 is 2.61 bits per heavy atom. The first-order valence-electron chi connectivity index (χ1n) is 10.5. The van der Waals surface area contributed by atoms with Crippen LogP contribution in [0.5, 0.6) is 0 Å². The van der Waals surface area contributed by atoms with E-state index in [2.05, 4.69) is 15.1 Å². The fourth-order valence-electron chi connectivity index (χ4n) is 4.33. The number of amides is 1. The van der Waals surface area contributed by atoms with Gasteiger partial charge in [-0.2, -0.15) is 5.26 Å². The number of hydrogen-bond donors (Lipinski definition) is 1. The zero-order valence-corrected chi connectivity index (χ0v) is 16.6. The largest absolute Gasteiger partial charge is 0.369 e. The van der Waals surface area contributed by atoms with Crippen LogP contribution in [0.1, 0.15) is 44.9 Å². The normalized spacial score (nSPS) is 23.2. The summed E-state index contributed by atoms with van der Waals surface area (Å²) >= 11 is 0. The van der Waals surface area contributed by atoms with Gasteiger partial charge in [-0.1, -0.05) is 6.07 Å². The van der Waals surface area contributed by atoms with Crippen molar-refractivity contribution >= 4 is 11.6 Å². The second-order valence-electron chi connectivity index (χ2n) is 8.04. The molecule has 1 heterocycles. The Bertz CT molecular complexity index is 673. The summed E-state index contributed by atoms with van der Waals surface area (Å²) in [7, 11) is 0. The number of carbonyl (C=O) groups is 1. The number of rotatable bonds is 7. The highest BCUT2D eigenvalue weighted by Crippen LogP contribution is 2.27. The van der Waals surface area contributed by atoms with Crippen LogP contribution in [-0.4, -0.2) is 49.6 Å². The van der Waals surface area contributed by atoms with Crippen LogP contribution in [0.3, 0.4) is 0 Å². The summed E-state index contributed by atoms with van der Waals surface area (Å²) in [4.78, 5) is 16.5. The van der Waals surface area contributed by atoms with Crippen molar-refractivity contribution < 1.29 is 9.18 Å².